The first-order valence-corrected chi connectivity index (χ1v) is 7.83. The topological polar surface area (TPSA) is 0 Å². The van der Waals surface area contributed by atoms with Crippen LogP contribution in [0.25, 0.3) is 0 Å². The molecular formula is C18H24. The van der Waals surface area contributed by atoms with Crippen LogP contribution in [0.5, 0.6) is 0 Å². The van der Waals surface area contributed by atoms with Gasteiger partial charge in [0.25, 0.3) is 0 Å². The van der Waals surface area contributed by atoms with Gasteiger partial charge in [0.1, 0.15) is 0 Å². The Balaban J connectivity index is 1.55. The molecular weight excluding hydrogens is 216 g/mol. The fourth-order valence-electron chi connectivity index (χ4n) is 5.48. The second-order valence-electron chi connectivity index (χ2n) is 7.29. The third kappa shape index (κ3) is 1.81. The normalized spacial score (nSPS) is 41.3. The summed E-state index contributed by atoms with van der Waals surface area (Å²) in [7, 11) is 0. The van der Waals surface area contributed by atoms with Crippen LogP contribution >= 0.6 is 0 Å². The Hall–Kier alpha value is -0.780. The van der Waals surface area contributed by atoms with E-state index in [0.717, 1.165) is 29.6 Å². The van der Waals surface area contributed by atoms with E-state index in [1.807, 2.05) is 0 Å². The van der Waals surface area contributed by atoms with Crippen LogP contribution in [0.4, 0.5) is 0 Å². The van der Waals surface area contributed by atoms with Crippen LogP contribution in [0.15, 0.2) is 24.3 Å². The molecule has 4 fully saturated rings. The van der Waals surface area contributed by atoms with Crippen molar-refractivity contribution < 1.29 is 0 Å². The lowest BCUT2D eigenvalue weighted by Crippen LogP contribution is -2.45. The molecule has 4 bridgehead atoms. The zero-order valence-corrected chi connectivity index (χ0v) is 11.4. The highest BCUT2D eigenvalue weighted by atomic mass is 14.5. The van der Waals surface area contributed by atoms with Crippen molar-refractivity contribution in [2.45, 2.75) is 45.4 Å². The molecule has 0 N–H and O–H groups in total. The second-order valence-corrected chi connectivity index (χ2v) is 7.29. The minimum atomic E-state index is 1.01. The second kappa shape index (κ2) is 4.11. The lowest BCUT2D eigenvalue weighted by Gasteiger charge is -2.54. The summed E-state index contributed by atoms with van der Waals surface area (Å²) < 4.78 is 0. The highest BCUT2D eigenvalue weighted by molar-refractivity contribution is 5.23. The first kappa shape index (κ1) is 11.1. The van der Waals surface area contributed by atoms with Gasteiger partial charge in [0, 0.05) is 0 Å². The molecule has 1 aromatic carbocycles. The van der Waals surface area contributed by atoms with Crippen LogP contribution in [0.2, 0.25) is 0 Å². The Labute approximate surface area is 111 Å². The Bertz CT molecular complexity index is 417. The van der Waals surface area contributed by atoms with E-state index >= 15 is 0 Å². The van der Waals surface area contributed by atoms with Crippen molar-refractivity contribution in [3.63, 3.8) is 0 Å². The number of benzene rings is 1. The molecule has 18 heavy (non-hydrogen) atoms. The van der Waals surface area contributed by atoms with Crippen LogP contribution in [0.3, 0.4) is 0 Å². The lowest BCUT2D eigenvalue weighted by molar-refractivity contribution is -0.0360. The van der Waals surface area contributed by atoms with Gasteiger partial charge in [-0.2, -0.15) is 0 Å². The van der Waals surface area contributed by atoms with E-state index in [1.54, 1.807) is 37.7 Å². The SMILES string of the molecule is Cc1cccc(CC2C3CC4CC(C3)CC2C4)c1. The Kier molecular flexibility index (Phi) is 2.53. The fourth-order valence-corrected chi connectivity index (χ4v) is 5.48. The first-order chi connectivity index (χ1) is 8.78. The van der Waals surface area contributed by atoms with Crippen molar-refractivity contribution >= 4 is 0 Å². The van der Waals surface area contributed by atoms with Crippen molar-refractivity contribution in [1.29, 1.82) is 0 Å². The lowest BCUT2D eigenvalue weighted by atomic mass is 9.51. The molecule has 0 nitrogen and oxygen atoms in total. The van der Waals surface area contributed by atoms with E-state index in [0.29, 0.717) is 0 Å². The molecule has 0 heteroatoms. The number of aryl methyl sites for hydroxylation is 1. The Morgan fingerprint density at radius 2 is 1.61 bits per heavy atom. The van der Waals surface area contributed by atoms with E-state index in [-0.39, 0.29) is 0 Å². The largest absolute Gasteiger partial charge is 0.0617 e. The van der Waals surface area contributed by atoms with Gasteiger partial charge in [0.05, 0.1) is 0 Å². The first-order valence-electron chi connectivity index (χ1n) is 7.83. The van der Waals surface area contributed by atoms with E-state index in [1.165, 1.54) is 12.0 Å². The zero-order chi connectivity index (χ0) is 12.1. The summed E-state index contributed by atoms with van der Waals surface area (Å²) in [6, 6.07) is 9.21. The summed E-state index contributed by atoms with van der Waals surface area (Å²) in [6.45, 7) is 2.22. The zero-order valence-electron chi connectivity index (χ0n) is 11.4. The van der Waals surface area contributed by atoms with Gasteiger partial charge in [-0.25, -0.2) is 0 Å². The summed E-state index contributed by atoms with van der Waals surface area (Å²) >= 11 is 0. The maximum absolute atomic E-state index is 2.41. The van der Waals surface area contributed by atoms with Crippen molar-refractivity contribution in [1.82, 2.24) is 0 Å². The van der Waals surface area contributed by atoms with Crippen LogP contribution < -0.4 is 0 Å². The third-order valence-corrected chi connectivity index (χ3v) is 5.98. The molecule has 0 atom stereocenters. The highest BCUT2D eigenvalue weighted by Gasteiger charge is 2.47. The molecule has 0 spiro atoms. The maximum atomic E-state index is 2.41. The van der Waals surface area contributed by atoms with Crippen molar-refractivity contribution in [2.75, 3.05) is 0 Å². The minimum absolute atomic E-state index is 1.01. The van der Waals surface area contributed by atoms with Crippen LogP contribution in [-0.2, 0) is 6.42 Å². The molecule has 0 unspecified atom stereocenters. The molecule has 96 valence electrons. The van der Waals surface area contributed by atoms with Gasteiger partial charge < -0.3 is 0 Å². The van der Waals surface area contributed by atoms with Gasteiger partial charge in [-0.15, -0.1) is 0 Å². The quantitative estimate of drug-likeness (QED) is 0.708. The molecule has 0 aromatic heterocycles. The van der Waals surface area contributed by atoms with Gasteiger partial charge in [-0.3, -0.25) is 0 Å². The van der Waals surface area contributed by atoms with E-state index in [9.17, 15) is 0 Å². The summed E-state index contributed by atoms with van der Waals surface area (Å²) in [5.41, 5.74) is 3.02. The molecule has 4 aliphatic rings. The molecule has 0 saturated heterocycles. The molecule has 4 aliphatic carbocycles. The number of rotatable bonds is 2. The monoisotopic (exact) mass is 240 g/mol. The molecule has 4 saturated carbocycles. The smallest absolute Gasteiger partial charge is 0.0245 e. The van der Waals surface area contributed by atoms with Crippen molar-refractivity contribution in [3.05, 3.63) is 35.4 Å². The maximum Gasteiger partial charge on any atom is -0.0245 e. The van der Waals surface area contributed by atoms with Crippen LogP contribution in [0.1, 0.15) is 43.2 Å². The number of hydrogen-bond donors (Lipinski definition) is 0. The predicted molar refractivity (Wildman–Crippen MR) is 75.4 cm³/mol. The van der Waals surface area contributed by atoms with Gasteiger partial charge >= 0.3 is 0 Å². The van der Waals surface area contributed by atoms with Gasteiger partial charge in [0.15, 0.2) is 0 Å². The summed E-state index contributed by atoms with van der Waals surface area (Å²) in [5, 5.41) is 0. The fraction of sp³-hybridized carbons (Fsp3) is 0.667. The van der Waals surface area contributed by atoms with Crippen LogP contribution in [0, 0.1) is 36.5 Å². The summed E-state index contributed by atoms with van der Waals surface area (Å²) in [6.07, 6.45) is 9.17. The summed E-state index contributed by atoms with van der Waals surface area (Å²) in [4.78, 5) is 0. The Morgan fingerprint density at radius 3 is 2.22 bits per heavy atom. The van der Waals surface area contributed by atoms with Crippen molar-refractivity contribution in [3.8, 4) is 0 Å². The molecule has 1 aromatic rings. The Morgan fingerprint density at radius 1 is 0.944 bits per heavy atom. The molecule has 0 aliphatic heterocycles. The van der Waals surface area contributed by atoms with E-state index in [2.05, 4.69) is 31.2 Å². The highest BCUT2D eigenvalue weighted by Crippen LogP contribution is 2.57. The van der Waals surface area contributed by atoms with Gasteiger partial charge in [-0.05, 0) is 80.6 Å². The molecule has 0 amide bonds. The minimum Gasteiger partial charge on any atom is -0.0617 e. The van der Waals surface area contributed by atoms with Crippen molar-refractivity contribution in [2.24, 2.45) is 29.6 Å². The standard InChI is InChI=1S/C18H24/c1-12-3-2-4-13(5-12)11-18-16-7-14-6-15(9-16)10-17(18)8-14/h2-5,14-18H,6-11H2,1H3. The van der Waals surface area contributed by atoms with E-state index < -0.39 is 0 Å². The predicted octanol–water partition coefficient (Wildman–Crippen LogP) is 4.61. The van der Waals surface area contributed by atoms with Gasteiger partial charge in [0.2, 0.25) is 0 Å². The van der Waals surface area contributed by atoms with Crippen LogP contribution in [-0.4, -0.2) is 0 Å². The third-order valence-electron chi connectivity index (χ3n) is 5.98. The summed E-state index contributed by atoms with van der Waals surface area (Å²) in [5.74, 6) is 5.38. The molecule has 0 radical (unpaired) electrons. The van der Waals surface area contributed by atoms with Gasteiger partial charge in [-0.1, -0.05) is 29.8 Å². The average Bonchev–Trinajstić information content (AvgIpc) is 2.33. The molecule has 0 heterocycles. The van der Waals surface area contributed by atoms with E-state index in [4.69, 9.17) is 0 Å². The average molecular weight is 240 g/mol. The number of hydrogen-bond acceptors (Lipinski definition) is 0. The molecule has 5 rings (SSSR count).